The molecular formula is C12H14Cl2O2. The van der Waals surface area contributed by atoms with Crippen molar-refractivity contribution in [2.24, 2.45) is 0 Å². The van der Waals surface area contributed by atoms with Crippen LogP contribution in [-0.2, 0) is 4.74 Å². The number of hydrogen-bond acceptors (Lipinski definition) is 2. The van der Waals surface area contributed by atoms with Crippen molar-refractivity contribution >= 4 is 23.2 Å². The second-order valence-electron chi connectivity index (χ2n) is 4.19. The Morgan fingerprint density at radius 3 is 2.56 bits per heavy atom. The minimum Gasteiger partial charge on any atom is -0.385 e. The Labute approximate surface area is 105 Å². The molecule has 0 aromatic heterocycles. The average Bonchev–Trinajstić information content (AvgIpc) is 2.21. The van der Waals surface area contributed by atoms with Gasteiger partial charge in [-0.15, -0.1) is 0 Å². The molecule has 1 aromatic carbocycles. The first kappa shape index (κ1) is 12.2. The molecule has 1 atom stereocenters. The van der Waals surface area contributed by atoms with E-state index in [0.717, 1.165) is 19.3 Å². The molecule has 1 saturated carbocycles. The molecule has 1 aromatic rings. The van der Waals surface area contributed by atoms with Gasteiger partial charge in [0.15, 0.2) is 0 Å². The number of halogens is 2. The number of benzene rings is 1. The van der Waals surface area contributed by atoms with Crippen molar-refractivity contribution in [2.75, 3.05) is 7.11 Å². The molecule has 88 valence electrons. The van der Waals surface area contributed by atoms with Crippen LogP contribution >= 0.6 is 23.2 Å². The molecule has 0 radical (unpaired) electrons. The highest BCUT2D eigenvalue weighted by molar-refractivity contribution is 6.33. The predicted octanol–water partition coefficient (Wildman–Crippen LogP) is 3.60. The molecule has 0 aliphatic heterocycles. The Balaban J connectivity index is 2.32. The van der Waals surface area contributed by atoms with E-state index in [9.17, 15) is 5.11 Å². The molecule has 1 aliphatic rings. The van der Waals surface area contributed by atoms with E-state index in [1.54, 1.807) is 25.3 Å². The lowest BCUT2D eigenvalue weighted by atomic mass is 9.73. The van der Waals surface area contributed by atoms with Gasteiger partial charge in [0.25, 0.3) is 0 Å². The SMILES string of the molecule is COC1(C(O)c2cc(Cl)ccc2Cl)CCC1. The molecule has 2 nitrogen and oxygen atoms in total. The highest BCUT2D eigenvalue weighted by Crippen LogP contribution is 2.46. The van der Waals surface area contributed by atoms with Crippen LogP contribution < -0.4 is 0 Å². The van der Waals surface area contributed by atoms with E-state index >= 15 is 0 Å². The molecule has 0 amide bonds. The number of methoxy groups -OCH3 is 1. The second kappa shape index (κ2) is 4.53. The van der Waals surface area contributed by atoms with Gasteiger partial charge < -0.3 is 9.84 Å². The van der Waals surface area contributed by atoms with Gasteiger partial charge in [-0.25, -0.2) is 0 Å². The molecule has 0 saturated heterocycles. The molecule has 4 heteroatoms. The highest BCUT2D eigenvalue weighted by Gasteiger charge is 2.45. The number of rotatable bonds is 3. The zero-order valence-corrected chi connectivity index (χ0v) is 10.6. The van der Waals surface area contributed by atoms with E-state index in [-0.39, 0.29) is 0 Å². The summed E-state index contributed by atoms with van der Waals surface area (Å²) in [4.78, 5) is 0. The normalized spacial score (nSPS) is 20.2. The Bertz CT molecular complexity index is 383. The summed E-state index contributed by atoms with van der Waals surface area (Å²) in [6.07, 6.45) is 2.07. The van der Waals surface area contributed by atoms with Crippen LogP contribution in [-0.4, -0.2) is 17.8 Å². The largest absolute Gasteiger partial charge is 0.385 e. The molecule has 16 heavy (non-hydrogen) atoms. The summed E-state index contributed by atoms with van der Waals surface area (Å²) in [5, 5.41) is 11.4. The monoisotopic (exact) mass is 260 g/mol. The lowest BCUT2D eigenvalue weighted by Gasteiger charge is -2.44. The van der Waals surface area contributed by atoms with Crippen LogP contribution in [0.1, 0.15) is 30.9 Å². The van der Waals surface area contributed by atoms with Gasteiger partial charge in [0.2, 0.25) is 0 Å². The minimum atomic E-state index is -0.711. The minimum absolute atomic E-state index is 0.478. The molecular weight excluding hydrogens is 247 g/mol. The molecule has 0 spiro atoms. The van der Waals surface area contributed by atoms with Crippen LogP contribution in [0.15, 0.2) is 18.2 Å². The highest BCUT2D eigenvalue weighted by atomic mass is 35.5. The Morgan fingerprint density at radius 1 is 1.38 bits per heavy atom. The molecule has 1 unspecified atom stereocenters. The van der Waals surface area contributed by atoms with Crippen LogP contribution in [0.3, 0.4) is 0 Å². The predicted molar refractivity (Wildman–Crippen MR) is 65.0 cm³/mol. The van der Waals surface area contributed by atoms with Crippen LogP contribution in [0.2, 0.25) is 10.0 Å². The number of aliphatic hydroxyl groups excluding tert-OH is 1. The van der Waals surface area contributed by atoms with Gasteiger partial charge in [-0.3, -0.25) is 0 Å². The zero-order chi connectivity index (χ0) is 11.8. The van der Waals surface area contributed by atoms with Crippen LogP contribution in [0.4, 0.5) is 0 Å². The zero-order valence-electron chi connectivity index (χ0n) is 9.04. The second-order valence-corrected chi connectivity index (χ2v) is 5.03. The first-order chi connectivity index (χ1) is 7.59. The maximum absolute atomic E-state index is 10.3. The van der Waals surface area contributed by atoms with Crippen molar-refractivity contribution < 1.29 is 9.84 Å². The Kier molecular flexibility index (Phi) is 3.45. The summed E-state index contributed by atoms with van der Waals surface area (Å²) < 4.78 is 5.43. The van der Waals surface area contributed by atoms with Gasteiger partial charge in [-0.05, 0) is 37.5 Å². The maximum Gasteiger partial charge on any atom is 0.109 e. The van der Waals surface area contributed by atoms with Crippen molar-refractivity contribution in [3.05, 3.63) is 33.8 Å². The van der Waals surface area contributed by atoms with E-state index in [0.29, 0.717) is 15.6 Å². The summed E-state index contributed by atoms with van der Waals surface area (Å²) >= 11 is 12.0. The number of ether oxygens (including phenoxy) is 1. The van der Waals surface area contributed by atoms with E-state index in [1.807, 2.05) is 0 Å². The average molecular weight is 261 g/mol. The van der Waals surface area contributed by atoms with Gasteiger partial charge in [0.05, 0.1) is 5.60 Å². The fourth-order valence-electron chi connectivity index (χ4n) is 2.12. The van der Waals surface area contributed by atoms with E-state index in [4.69, 9.17) is 27.9 Å². The van der Waals surface area contributed by atoms with Crippen molar-refractivity contribution in [1.29, 1.82) is 0 Å². The molecule has 0 bridgehead atoms. The smallest absolute Gasteiger partial charge is 0.109 e. The molecule has 1 N–H and O–H groups in total. The summed E-state index contributed by atoms with van der Waals surface area (Å²) in [7, 11) is 1.63. The third-order valence-corrected chi connectivity index (χ3v) is 3.94. The standard InChI is InChI=1S/C12H14Cl2O2/c1-16-12(5-2-6-12)11(15)9-7-8(13)3-4-10(9)14/h3-4,7,11,15H,2,5-6H2,1H3. The van der Waals surface area contributed by atoms with Gasteiger partial charge in [0.1, 0.15) is 6.10 Å². The summed E-state index contributed by atoms with van der Waals surface area (Å²) in [5.41, 5.74) is 0.171. The topological polar surface area (TPSA) is 29.5 Å². The Morgan fingerprint density at radius 2 is 2.06 bits per heavy atom. The molecule has 2 rings (SSSR count). The van der Waals surface area contributed by atoms with E-state index < -0.39 is 11.7 Å². The van der Waals surface area contributed by atoms with Crippen molar-refractivity contribution in [3.8, 4) is 0 Å². The Hall–Kier alpha value is -0.280. The van der Waals surface area contributed by atoms with Gasteiger partial charge >= 0.3 is 0 Å². The first-order valence-electron chi connectivity index (χ1n) is 5.27. The third-order valence-electron chi connectivity index (χ3n) is 3.36. The van der Waals surface area contributed by atoms with Crippen LogP contribution in [0, 0.1) is 0 Å². The lowest BCUT2D eigenvalue weighted by molar-refractivity contribution is -0.151. The molecule has 1 fully saturated rings. The van der Waals surface area contributed by atoms with Crippen LogP contribution in [0.5, 0.6) is 0 Å². The molecule has 0 heterocycles. The number of aliphatic hydroxyl groups is 1. The molecule has 1 aliphatic carbocycles. The summed E-state index contributed by atoms with van der Waals surface area (Å²) in [6, 6.07) is 5.11. The third kappa shape index (κ3) is 1.95. The van der Waals surface area contributed by atoms with Crippen molar-refractivity contribution in [3.63, 3.8) is 0 Å². The van der Waals surface area contributed by atoms with Gasteiger partial charge in [-0.1, -0.05) is 23.2 Å². The van der Waals surface area contributed by atoms with Gasteiger partial charge in [0, 0.05) is 22.7 Å². The van der Waals surface area contributed by atoms with Crippen molar-refractivity contribution in [2.45, 2.75) is 31.0 Å². The van der Waals surface area contributed by atoms with E-state index in [1.165, 1.54) is 0 Å². The van der Waals surface area contributed by atoms with Gasteiger partial charge in [-0.2, -0.15) is 0 Å². The summed E-state index contributed by atoms with van der Waals surface area (Å²) in [5.74, 6) is 0. The van der Waals surface area contributed by atoms with Crippen LogP contribution in [0.25, 0.3) is 0 Å². The lowest BCUT2D eigenvalue weighted by Crippen LogP contribution is -2.45. The summed E-state index contributed by atoms with van der Waals surface area (Å²) in [6.45, 7) is 0. The van der Waals surface area contributed by atoms with E-state index in [2.05, 4.69) is 0 Å². The number of hydrogen-bond donors (Lipinski definition) is 1. The maximum atomic E-state index is 10.3. The fourth-order valence-corrected chi connectivity index (χ4v) is 2.52. The first-order valence-corrected chi connectivity index (χ1v) is 6.03. The fraction of sp³-hybridized carbons (Fsp3) is 0.500. The van der Waals surface area contributed by atoms with Crippen molar-refractivity contribution in [1.82, 2.24) is 0 Å². The quantitative estimate of drug-likeness (QED) is 0.900.